The van der Waals surface area contributed by atoms with Crippen molar-refractivity contribution in [2.24, 2.45) is 0 Å². The van der Waals surface area contributed by atoms with Crippen molar-refractivity contribution in [1.29, 1.82) is 0 Å². The molecular weight excluding hydrogens is 258 g/mol. The zero-order valence-corrected chi connectivity index (χ0v) is 13.5. The van der Waals surface area contributed by atoms with Crippen LogP contribution in [-0.2, 0) is 4.74 Å². The van der Waals surface area contributed by atoms with E-state index in [0.29, 0.717) is 18.2 Å². The van der Waals surface area contributed by atoms with Gasteiger partial charge in [-0.05, 0) is 56.7 Å². The molecule has 1 aliphatic carbocycles. The average molecular weight is 287 g/mol. The van der Waals surface area contributed by atoms with Gasteiger partial charge in [-0.1, -0.05) is 43.5 Å². The lowest BCUT2D eigenvalue weighted by molar-refractivity contribution is 0.0333. The number of ether oxygens (including phenoxy) is 1. The Morgan fingerprint density at radius 1 is 1.00 bits per heavy atom. The van der Waals surface area contributed by atoms with Gasteiger partial charge in [0.05, 0.1) is 18.2 Å². The van der Waals surface area contributed by atoms with Crippen molar-refractivity contribution in [3.8, 4) is 0 Å². The summed E-state index contributed by atoms with van der Waals surface area (Å²) in [5.41, 5.74) is 2.91. The molecular formula is C19H29NO. The van der Waals surface area contributed by atoms with Crippen LogP contribution in [0.1, 0.15) is 75.0 Å². The summed E-state index contributed by atoms with van der Waals surface area (Å²) in [4.78, 5) is 0. The molecule has 1 heterocycles. The van der Waals surface area contributed by atoms with Crippen LogP contribution in [0.3, 0.4) is 0 Å². The number of likely N-dealkylation sites (N-methyl/N-ethyl adjacent to an activating group) is 1. The zero-order chi connectivity index (χ0) is 14.7. The van der Waals surface area contributed by atoms with Crippen LogP contribution in [0.4, 0.5) is 0 Å². The first-order chi connectivity index (χ1) is 10.3. The molecule has 3 atom stereocenters. The van der Waals surface area contributed by atoms with Crippen LogP contribution in [0, 0.1) is 0 Å². The van der Waals surface area contributed by atoms with Crippen LogP contribution >= 0.6 is 0 Å². The quantitative estimate of drug-likeness (QED) is 0.876. The van der Waals surface area contributed by atoms with E-state index in [-0.39, 0.29) is 0 Å². The summed E-state index contributed by atoms with van der Waals surface area (Å²) in [5, 5.41) is 3.45. The third-order valence-electron chi connectivity index (χ3n) is 5.32. The first kappa shape index (κ1) is 15.1. The molecule has 2 nitrogen and oxygen atoms in total. The van der Waals surface area contributed by atoms with E-state index in [9.17, 15) is 0 Å². The van der Waals surface area contributed by atoms with Gasteiger partial charge >= 0.3 is 0 Å². The number of hydrogen-bond acceptors (Lipinski definition) is 2. The van der Waals surface area contributed by atoms with Crippen LogP contribution in [0.5, 0.6) is 0 Å². The van der Waals surface area contributed by atoms with E-state index in [0.717, 1.165) is 12.3 Å². The largest absolute Gasteiger partial charge is 0.373 e. The minimum atomic E-state index is 0.325. The van der Waals surface area contributed by atoms with Gasteiger partial charge in [-0.15, -0.1) is 0 Å². The minimum absolute atomic E-state index is 0.325. The van der Waals surface area contributed by atoms with Gasteiger partial charge in [-0.3, -0.25) is 0 Å². The molecule has 2 heteroatoms. The fourth-order valence-corrected chi connectivity index (χ4v) is 4.06. The average Bonchev–Trinajstić information content (AvgIpc) is 2.96. The van der Waals surface area contributed by atoms with Crippen molar-refractivity contribution in [3.63, 3.8) is 0 Å². The Morgan fingerprint density at radius 3 is 2.29 bits per heavy atom. The number of hydrogen-bond donors (Lipinski definition) is 1. The van der Waals surface area contributed by atoms with Gasteiger partial charge in [0.1, 0.15) is 0 Å². The number of nitrogens with one attached hydrogen (secondary N) is 1. The second-order valence-electron chi connectivity index (χ2n) is 6.83. The second-order valence-corrected chi connectivity index (χ2v) is 6.83. The number of benzene rings is 1. The predicted molar refractivity (Wildman–Crippen MR) is 87.6 cm³/mol. The van der Waals surface area contributed by atoms with E-state index in [1.54, 1.807) is 0 Å². The Bertz CT molecular complexity index is 435. The Hall–Kier alpha value is -0.860. The molecule has 0 radical (unpaired) electrons. The molecule has 1 saturated carbocycles. The van der Waals surface area contributed by atoms with E-state index < -0.39 is 0 Å². The standard InChI is InChI=1S/C19H29NO/c1-14-8-13-18(21-14)19(20-2)17-11-9-16(10-12-17)15-6-4-3-5-7-15/h9-12,14-15,18-20H,3-8,13H2,1-2H3. The highest BCUT2D eigenvalue weighted by molar-refractivity contribution is 5.28. The molecule has 1 aromatic carbocycles. The molecule has 3 rings (SSSR count). The predicted octanol–water partition coefficient (Wildman–Crippen LogP) is 4.56. The van der Waals surface area contributed by atoms with Gasteiger partial charge in [0, 0.05) is 0 Å². The number of rotatable bonds is 4. The third-order valence-corrected chi connectivity index (χ3v) is 5.32. The van der Waals surface area contributed by atoms with Crippen molar-refractivity contribution < 1.29 is 4.74 Å². The molecule has 21 heavy (non-hydrogen) atoms. The van der Waals surface area contributed by atoms with Crippen LogP contribution in [0.2, 0.25) is 0 Å². The van der Waals surface area contributed by atoms with Gasteiger partial charge in [0.15, 0.2) is 0 Å². The van der Waals surface area contributed by atoms with E-state index in [2.05, 4.69) is 36.5 Å². The summed E-state index contributed by atoms with van der Waals surface area (Å²) in [6.07, 6.45) is 10.1. The van der Waals surface area contributed by atoms with Crippen molar-refractivity contribution in [1.82, 2.24) is 5.32 Å². The van der Waals surface area contributed by atoms with Crippen molar-refractivity contribution in [2.45, 2.75) is 76.0 Å². The maximum atomic E-state index is 6.05. The lowest BCUT2D eigenvalue weighted by Gasteiger charge is -2.25. The molecule has 1 N–H and O–H groups in total. The highest BCUT2D eigenvalue weighted by Crippen LogP contribution is 2.34. The molecule has 1 aliphatic heterocycles. The lowest BCUT2D eigenvalue weighted by atomic mass is 9.83. The maximum Gasteiger partial charge on any atom is 0.0774 e. The molecule has 1 saturated heterocycles. The Kier molecular flexibility index (Phi) is 4.97. The van der Waals surface area contributed by atoms with Gasteiger partial charge < -0.3 is 10.1 Å². The van der Waals surface area contributed by atoms with Crippen molar-refractivity contribution in [2.75, 3.05) is 7.05 Å². The third kappa shape index (κ3) is 3.49. The normalized spacial score (nSPS) is 28.7. The van der Waals surface area contributed by atoms with Gasteiger partial charge in [-0.25, -0.2) is 0 Å². The van der Waals surface area contributed by atoms with E-state index >= 15 is 0 Å². The Labute approximate surface area is 129 Å². The molecule has 0 bridgehead atoms. The SMILES string of the molecule is CNC(c1ccc(C2CCCCC2)cc1)C1CCC(C)O1. The first-order valence-corrected chi connectivity index (χ1v) is 8.70. The van der Waals surface area contributed by atoms with Crippen LogP contribution in [-0.4, -0.2) is 19.3 Å². The molecule has 3 unspecified atom stereocenters. The first-order valence-electron chi connectivity index (χ1n) is 8.70. The topological polar surface area (TPSA) is 21.3 Å². The van der Waals surface area contributed by atoms with Crippen molar-refractivity contribution in [3.05, 3.63) is 35.4 Å². The van der Waals surface area contributed by atoms with Crippen LogP contribution < -0.4 is 5.32 Å². The molecule has 0 spiro atoms. The van der Waals surface area contributed by atoms with Crippen molar-refractivity contribution >= 4 is 0 Å². The maximum absolute atomic E-state index is 6.05. The van der Waals surface area contributed by atoms with Gasteiger partial charge in [0.25, 0.3) is 0 Å². The summed E-state index contributed by atoms with van der Waals surface area (Å²) in [6, 6.07) is 9.67. The second kappa shape index (κ2) is 6.93. The molecule has 0 amide bonds. The minimum Gasteiger partial charge on any atom is -0.373 e. The fourth-order valence-electron chi connectivity index (χ4n) is 4.06. The molecule has 116 valence electrons. The molecule has 1 aromatic rings. The zero-order valence-electron chi connectivity index (χ0n) is 13.5. The summed E-state index contributed by atoms with van der Waals surface area (Å²) in [6.45, 7) is 2.18. The molecule has 2 fully saturated rings. The van der Waals surface area contributed by atoms with Gasteiger partial charge in [-0.2, -0.15) is 0 Å². The highest BCUT2D eigenvalue weighted by Gasteiger charge is 2.29. The highest BCUT2D eigenvalue weighted by atomic mass is 16.5. The lowest BCUT2D eigenvalue weighted by Crippen LogP contribution is -2.29. The van der Waals surface area contributed by atoms with E-state index in [1.165, 1.54) is 49.7 Å². The molecule has 0 aromatic heterocycles. The fraction of sp³-hybridized carbons (Fsp3) is 0.684. The summed E-state index contributed by atoms with van der Waals surface area (Å²) < 4.78 is 6.05. The Morgan fingerprint density at radius 2 is 1.71 bits per heavy atom. The monoisotopic (exact) mass is 287 g/mol. The summed E-state index contributed by atoms with van der Waals surface area (Å²) in [7, 11) is 2.05. The van der Waals surface area contributed by atoms with E-state index in [1.807, 2.05) is 7.05 Å². The summed E-state index contributed by atoms with van der Waals surface area (Å²) in [5.74, 6) is 0.795. The van der Waals surface area contributed by atoms with Crippen LogP contribution in [0.25, 0.3) is 0 Å². The summed E-state index contributed by atoms with van der Waals surface area (Å²) >= 11 is 0. The Balaban J connectivity index is 1.69. The molecule has 2 aliphatic rings. The van der Waals surface area contributed by atoms with Crippen LogP contribution in [0.15, 0.2) is 24.3 Å². The van der Waals surface area contributed by atoms with Gasteiger partial charge in [0.2, 0.25) is 0 Å². The smallest absolute Gasteiger partial charge is 0.0774 e. The van der Waals surface area contributed by atoms with E-state index in [4.69, 9.17) is 4.74 Å².